The van der Waals surface area contributed by atoms with Crippen LogP contribution in [0.5, 0.6) is 0 Å². The molecule has 2 aromatic rings. The number of nitriles is 1. The van der Waals surface area contributed by atoms with Crippen LogP contribution in [-0.4, -0.2) is 6.26 Å². The third-order valence-electron chi connectivity index (χ3n) is 2.51. The van der Waals surface area contributed by atoms with Crippen molar-refractivity contribution in [3.63, 3.8) is 0 Å². The average molecular weight is 260 g/mol. The largest absolute Gasteiger partial charge is 0.192 e. The van der Waals surface area contributed by atoms with E-state index in [0.29, 0.717) is 10.6 Å². The quantitative estimate of drug-likeness (QED) is 0.736. The second-order valence-electron chi connectivity index (χ2n) is 3.51. The molecule has 0 saturated heterocycles. The zero-order valence-corrected chi connectivity index (χ0v) is 10.8. The van der Waals surface area contributed by atoms with Gasteiger partial charge in [-0.25, -0.2) is 0 Å². The number of rotatable bonds is 2. The van der Waals surface area contributed by atoms with Crippen molar-refractivity contribution in [2.75, 3.05) is 6.26 Å². The topological polar surface area (TPSA) is 23.8 Å². The van der Waals surface area contributed by atoms with Crippen molar-refractivity contribution >= 4 is 23.4 Å². The first-order chi connectivity index (χ1) is 8.26. The number of nitrogens with zero attached hydrogens (tertiary/aromatic N) is 1. The lowest BCUT2D eigenvalue weighted by Crippen LogP contribution is -1.84. The Hall–Kier alpha value is -1.43. The van der Waals surface area contributed by atoms with Crippen LogP contribution >= 0.6 is 23.4 Å². The molecular formula is C14H10ClNS. The normalized spacial score (nSPS) is 9.94. The molecule has 0 saturated carbocycles. The minimum absolute atomic E-state index is 0.501. The minimum Gasteiger partial charge on any atom is -0.192 e. The van der Waals surface area contributed by atoms with Gasteiger partial charge in [-0.05, 0) is 35.6 Å². The Balaban J connectivity index is 2.54. The van der Waals surface area contributed by atoms with Crippen LogP contribution in [0.1, 0.15) is 5.56 Å². The first-order valence-corrected chi connectivity index (χ1v) is 6.69. The van der Waals surface area contributed by atoms with Gasteiger partial charge in [-0.3, -0.25) is 0 Å². The summed E-state index contributed by atoms with van der Waals surface area (Å²) in [5.41, 5.74) is 2.70. The molecule has 0 aliphatic heterocycles. The predicted octanol–water partition coefficient (Wildman–Crippen LogP) is 4.60. The van der Waals surface area contributed by atoms with Crippen LogP contribution < -0.4 is 0 Å². The molecule has 3 heteroatoms. The zero-order chi connectivity index (χ0) is 12.3. The maximum Gasteiger partial charge on any atom is 0.101 e. The summed E-state index contributed by atoms with van der Waals surface area (Å²) in [7, 11) is 0. The Kier molecular flexibility index (Phi) is 3.73. The molecule has 0 heterocycles. The fourth-order valence-electron chi connectivity index (χ4n) is 1.66. The molecule has 0 bridgehead atoms. The van der Waals surface area contributed by atoms with Gasteiger partial charge in [-0.1, -0.05) is 35.9 Å². The van der Waals surface area contributed by atoms with Crippen LogP contribution in [-0.2, 0) is 0 Å². The molecule has 0 spiro atoms. The maximum absolute atomic E-state index is 8.84. The van der Waals surface area contributed by atoms with E-state index in [2.05, 4.69) is 18.2 Å². The molecular weight excluding hydrogens is 250 g/mol. The Labute approximate surface area is 110 Å². The molecule has 84 valence electrons. The predicted molar refractivity (Wildman–Crippen MR) is 73.4 cm³/mol. The van der Waals surface area contributed by atoms with Gasteiger partial charge in [-0.15, -0.1) is 11.8 Å². The molecule has 0 aromatic heterocycles. The van der Waals surface area contributed by atoms with E-state index >= 15 is 0 Å². The van der Waals surface area contributed by atoms with Crippen molar-refractivity contribution in [2.24, 2.45) is 0 Å². The van der Waals surface area contributed by atoms with Crippen molar-refractivity contribution in [3.05, 3.63) is 53.1 Å². The van der Waals surface area contributed by atoms with Crippen LogP contribution in [0.3, 0.4) is 0 Å². The number of hydrogen-bond donors (Lipinski definition) is 0. The van der Waals surface area contributed by atoms with Gasteiger partial charge in [0.1, 0.15) is 6.07 Å². The van der Waals surface area contributed by atoms with E-state index in [9.17, 15) is 0 Å². The summed E-state index contributed by atoms with van der Waals surface area (Å²) in [5, 5.41) is 9.34. The number of halogens is 1. The summed E-state index contributed by atoms with van der Waals surface area (Å²) in [6, 6.07) is 15.7. The SMILES string of the molecule is CSc1ccccc1-c1ccc(C#N)c(Cl)c1. The summed E-state index contributed by atoms with van der Waals surface area (Å²) in [6.45, 7) is 0. The van der Waals surface area contributed by atoms with Gasteiger partial charge in [0.25, 0.3) is 0 Å². The molecule has 0 aliphatic rings. The molecule has 17 heavy (non-hydrogen) atoms. The lowest BCUT2D eigenvalue weighted by atomic mass is 10.0. The molecule has 0 N–H and O–H groups in total. The van der Waals surface area contributed by atoms with E-state index in [1.54, 1.807) is 17.8 Å². The third kappa shape index (κ3) is 2.46. The van der Waals surface area contributed by atoms with Gasteiger partial charge in [-0.2, -0.15) is 5.26 Å². The average Bonchev–Trinajstić information content (AvgIpc) is 2.38. The molecule has 1 nitrogen and oxygen atoms in total. The van der Waals surface area contributed by atoms with E-state index in [1.165, 1.54) is 4.90 Å². The van der Waals surface area contributed by atoms with Gasteiger partial charge in [0.2, 0.25) is 0 Å². The van der Waals surface area contributed by atoms with Gasteiger partial charge in [0, 0.05) is 4.90 Å². The maximum atomic E-state index is 8.84. The second-order valence-corrected chi connectivity index (χ2v) is 4.76. The van der Waals surface area contributed by atoms with Crippen LogP contribution in [0.15, 0.2) is 47.4 Å². The van der Waals surface area contributed by atoms with Crippen LogP contribution in [0.25, 0.3) is 11.1 Å². The fourth-order valence-corrected chi connectivity index (χ4v) is 2.50. The van der Waals surface area contributed by atoms with Gasteiger partial charge in [0.05, 0.1) is 10.6 Å². The molecule has 0 radical (unpaired) electrons. The van der Waals surface area contributed by atoms with Crippen LogP contribution in [0.4, 0.5) is 0 Å². The summed E-state index contributed by atoms with van der Waals surface area (Å²) in [5.74, 6) is 0. The lowest BCUT2D eigenvalue weighted by molar-refractivity contribution is 1.43. The highest BCUT2D eigenvalue weighted by atomic mass is 35.5. The van der Waals surface area contributed by atoms with Crippen molar-refractivity contribution in [1.29, 1.82) is 5.26 Å². The van der Waals surface area contributed by atoms with E-state index in [0.717, 1.165) is 11.1 Å². The molecule has 0 amide bonds. The van der Waals surface area contributed by atoms with Crippen molar-refractivity contribution in [1.82, 2.24) is 0 Å². The zero-order valence-electron chi connectivity index (χ0n) is 9.27. The van der Waals surface area contributed by atoms with Crippen molar-refractivity contribution in [3.8, 4) is 17.2 Å². The van der Waals surface area contributed by atoms with E-state index in [1.807, 2.05) is 30.5 Å². The molecule has 0 unspecified atom stereocenters. The van der Waals surface area contributed by atoms with E-state index < -0.39 is 0 Å². The number of hydrogen-bond acceptors (Lipinski definition) is 2. The van der Waals surface area contributed by atoms with Gasteiger partial charge < -0.3 is 0 Å². The minimum atomic E-state index is 0.501. The molecule has 2 rings (SSSR count). The summed E-state index contributed by atoms with van der Waals surface area (Å²) in [6.07, 6.45) is 2.05. The Bertz CT molecular complexity index is 587. The van der Waals surface area contributed by atoms with Crippen LogP contribution in [0, 0.1) is 11.3 Å². The fraction of sp³-hybridized carbons (Fsp3) is 0.0714. The first kappa shape index (κ1) is 12.0. The highest BCUT2D eigenvalue weighted by molar-refractivity contribution is 7.98. The van der Waals surface area contributed by atoms with E-state index in [4.69, 9.17) is 16.9 Å². The van der Waals surface area contributed by atoms with Crippen molar-refractivity contribution in [2.45, 2.75) is 4.90 Å². The Morgan fingerprint density at radius 3 is 2.59 bits per heavy atom. The van der Waals surface area contributed by atoms with E-state index in [-0.39, 0.29) is 0 Å². The summed E-state index contributed by atoms with van der Waals surface area (Å²) >= 11 is 7.74. The van der Waals surface area contributed by atoms with Gasteiger partial charge in [0.15, 0.2) is 0 Å². The molecule has 2 aromatic carbocycles. The number of benzene rings is 2. The molecule has 0 aliphatic carbocycles. The third-order valence-corrected chi connectivity index (χ3v) is 3.62. The standard InChI is InChI=1S/C14H10ClNS/c1-17-14-5-3-2-4-12(14)10-6-7-11(9-16)13(15)8-10/h2-8H,1H3. The lowest BCUT2D eigenvalue weighted by Gasteiger charge is -2.08. The van der Waals surface area contributed by atoms with Crippen LogP contribution in [0.2, 0.25) is 5.02 Å². The molecule has 0 atom stereocenters. The van der Waals surface area contributed by atoms with Gasteiger partial charge >= 0.3 is 0 Å². The first-order valence-electron chi connectivity index (χ1n) is 5.09. The smallest absolute Gasteiger partial charge is 0.101 e. The summed E-state index contributed by atoms with van der Waals surface area (Å²) < 4.78 is 0. The van der Waals surface area contributed by atoms with Crippen molar-refractivity contribution < 1.29 is 0 Å². The summed E-state index contributed by atoms with van der Waals surface area (Å²) in [4.78, 5) is 1.20. The Morgan fingerprint density at radius 1 is 1.18 bits per heavy atom. The Morgan fingerprint density at radius 2 is 1.94 bits per heavy atom. The molecule has 0 fully saturated rings. The number of thioether (sulfide) groups is 1. The highest BCUT2D eigenvalue weighted by Gasteiger charge is 2.06. The second kappa shape index (κ2) is 5.27. The monoisotopic (exact) mass is 259 g/mol. The highest BCUT2D eigenvalue weighted by Crippen LogP contribution is 2.32.